The van der Waals surface area contributed by atoms with Gasteiger partial charge in [0.1, 0.15) is 6.61 Å². The first-order chi connectivity index (χ1) is 12.2. The quantitative estimate of drug-likeness (QED) is 0.412. The van der Waals surface area contributed by atoms with E-state index in [2.05, 4.69) is 9.97 Å². The first kappa shape index (κ1) is 15.3. The van der Waals surface area contributed by atoms with Crippen LogP contribution in [0.25, 0.3) is 21.8 Å². The van der Waals surface area contributed by atoms with Crippen molar-refractivity contribution in [2.75, 3.05) is 0 Å². The van der Waals surface area contributed by atoms with Crippen LogP contribution in [-0.2, 0) is 11.3 Å². The SMILES string of the molecule is Cc1nc2cc3ccccc3cc2nc1C(=O)OCc1ccccc1. The fourth-order valence-corrected chi connectivity index (χ4v) is 2.82. The number of carbonyl (C=O) groups excluding carboxylic acids is 1. The molecule has 0 bridgehead atoms. The second kappa shape index (κ2) is 6.32. The Kier molecular flexibility index (Phi) is 3.86. The summed E-state index contributed by atoms with van der Waals surface area (Å²) in [6, 6.07) is 21.5. The maximum absolute atomic E-state index is 12.4. The third-order valence-corrected chi connectivity index (χ3v) is 4.11. The number of aryl methyl sites for hydroxylation is 1. The van der Waals surface area contributed by atoms with Crippen molar-refractivity contribution in [3.05, 3.63) is 83.7 Å². The summed E-state index contributed by atoms with van der Waals surface area (Å²) in [6.45, 7) is 2.00. The number of ether oxygens (including phenoxy) is 1. The average Bonchev–Trinajstić information content (AvgIpc) is 2.65. The molecular weight excluding hydrogens is 312 g/mol. The fraction of sp³-hybridized carbons (Fsp3) is 0.0952. The third-order valence-electron chi connectivity index (χ3n) is 4.11. The molecule has 0 radical (unpaired) electrons. The Morgan fingerprint density at radius 2 is 1.48 bits per heavy atom. The number of benzene rings is 3. The van der Waals surface area contributed by atoms with Crippen LogP contribution in [0.1, 0.15) is 21.7 Å². The van der Waals surface area contributed by atoms with Crippen molar-refractivity contribution in [3.8, 4) is 0 Å². The Hall–Kier alpha value is -3.27. The number of rotatable bonds is 3. The van der Waals surface area contributed by atoms with E-state index < -0.39 is 5.97 Å². The first-order valence-corrected chi connectivity index (χ1v) is 8.09. The second-order valence-corrected chi connectivity index (χ2v) is 5.91. The van der Waals surface area contributed by atoms with Crippen LogP contribution < -0.4 is 0 Å². The molecule has 4 aromatic rings. The lowest BCUT2D eigenvalue weighted by atomic mass is 10.1. The van der Waals surface area contributed by atoms with E-state index in [9.17, 15) is 4.79 Å². The molecule has 0 saturated heterocycles. The molecule has 1 aromatic heterocycles. The number of hydrogen-bond acceptors (Lipinski definition) is 4. The fourth-order valence-electron chi connectivity index (χ4n) is 2.82. The summed E-state index contributed by atoms with van der Waals surface area (Å²) in [5.41, 5.74) is 3.24. The first-order valence-electron chi connectivity index (χ1n) is 8.09. The highest BCUT2D eigenvalue weighted by molar-refractivity contribution is 5.97. The van der Waals surface area contributed by atoms with Crippen LogP contribution in [0.5, 0.6) is 0 Å². The molecular formula is C21H16N2O2. The van der Waals surface area contributed by atoms with E-state index in [1.807, 2.05) is 66.7 Å². The predicted octanol–water partition coefficient (Wildman–Crippen LogP) is 4.45. The second-order valence-electron chi connectivity index (χ2n) is 5.91. The molecule has 0 atom stereocenters. The van der Waals surface area contributed by atoms with Crippen LogP contribution in [-0.4, -0.2) is 15.9 Å². The van der Waals surface area contributed by atoms with E-state index >= 15 is 0 Å². The smallest absolute Gasteiger partial charge is 0.359 e. The molecule has 0 aliphatic heterocycles. The highest BCUT2D eigenvalue weighted by Crippen LogP contribution is 2.21. The summed E-state index contributed by atoms with van der Waals surface area (Å²) in [5.74, 6) is -0.455. The summed E-state index contributed by atoms with van der Waals surface area (Å²) in [7, 11) is 0. The van der Waals surface area contributed by atoms with Crippen LogP contribution in [0.3, 0.4) is 0 Å². The molecule has 4 rings (SSSR count). The molecule has 4 heteroatoms. The summed E-state index contributed by atoms with van der Waals surface area (Å²) < 4.78 is 5.39. The van der Waals surface area contributed by atoms with Crippen molar-refractivity contribution in [2.24, 2.45) is 0 Å². The summed E-state index contributed by atoms with van der Waals surface area (Å²) in [4.78, 5) is 21.5. The van der Waals surface area contributed by atoms with Crippen molar-refractivity contribution in [1.29, 1.82) is 0 Å². The highest BCUT2D eigenvalue weighted by atomic mass is 16.5. The zero-order valence-corrected chi connectivity index (χ0v) is 13.8. The van der Waals surface area contributed by atoms with Gasteiger partial charge in [0.25, 0.3) is 0 Å². The van der Waals surface area contributed by atoms with Gasteiger partial charge in [-0.05, 0) is 35.4 Å². The lowest BCUT2D eigenvalue weighted by Gasteiger charge is -2.08. The third kappa shape index (κ3) is 3.06. The van der Waals surface area contributed by atoms with Gasteiger partial charge in [0.05, 0.1) is 16.7 Å². The van der Waals surface area contributed by atoms with Gasteiger partial charge in [0.2, 0.25) is 0 Å². The number of esters is 1. The standard InChI is InChI=1S/C21H16N2O2/c1-14-20(21(24)25-13-15-7-3-2-4-8-15)23-19-12-17-10-6-5-9-16(17)11-18(19)22-14/h2-12H,13H2,1H3. The molecule has 0 saturated carbocycles. The van der Waals surface area contributed by atoms with Gasteiger partial charge in [-0.3, -0.25) is 0 Å². The van der Waals surface area contributed by atoms with Gasteiger partial charge in [-0.15, -0.1) is 0 Å². The Balaban J connectivity index is 1.67. The van der Waals surface area contributed by atoms with Gasteiger partial charge < -0.3 is 4.74 Å². The van der Waals surface area contributed by atoms with E-state index in [0.29, 0.717) is 11.2 Å². The lowest BCUT2D eigenvalue weighted by molar-refractivity contribution is 0.0464. The Bertz CT molecular complexity index is 1080. The average molecular weight is 328 g/mol. The van der Waals surface area contributed by atoms with Crippen molar-refractivity contribution in [2.45, 2.75) is 13.5 Å². The van der Waals surface area contributed by atoms with Gasteiger partial charge >= 0.3 is 5.97 Å². The highest BCUT2D eigenvalue weighted by Gasteiger charge is 2.15. The maximum atomic E-state index is 12.4. The van der Waals surface area contributed by atoms with Crippen molar-refractivity contribution in [1.82, 2.24) is 9.97 Å². The van der Waals surface area contributed by atoms with E-state index in [1.165, 1.54) is 0 Å². The Labute approximate surface area is 145 Å². The minimum atomic E-state index is -0.455. The van der Waals surface area contributed by atoms with Crippen LogP contribution in [0.2, 0.25) is 0 Å². The molecule has 0 aliphatic carbocycles. The van der Waals surface area contributed by atoms with Crippen LogP contribution in [0, 0.1) is 6.92 Å². The van der Waals surface area contributed by atoms with Gasteiger partial charge in [0.15, 0.2) is 5.69 Å². The van der Waals surface area contributed by atoms with Crippen LogP contribution in [0.15, 0.2) is 66.7 Å². The van der Waals surface area contributed by atoms with E-state index in [4.69, 9.17) is 4.74 Å². The van der Waals surface area contributed by atoms with Crippen molar-refractivity contribution in [3.63, 3.8) is 0 Å². The molecule has 0 unspecified atom stereocenters. The zero-order valence-electron chi connectivity index (χ0n) is 13.8. The molecule has 0 aliphatic rings. The van der Waals surface area contributed by atoms with Gasteiger partial charge in [0, 0.05) is 0 Å². The number of hydrogen-bond donors (Lipinski definition) is 0. The molecule has 0 fully saturated rings. The van der Waals surface area contributed by atoms with E-state index in [1.54, 1.807) is 6.92 Å². The van der Waals surface area contributed by atoms with E-state index in [-0.39, 0.29) is 12.3 Å². The van der Waals surface area contributed by atoms with E-state index in [0.717, 1.165) is 21.9 Å². The minimum Gasteiger partial charge on any atom is -0.456 e. The Morgan fingerprint density at radius 3 is 2.16 bits per heavy atom. The van der Waals surface area contributed by atoms with Crippen molar-refractivity contribution >= 4 is 27.8 Å². The molecule has 122 valence electrons. The molecule has 0 amide bonds. The monoisotopic (exact) mass is 328 g/mol. The van der Waals surface area contributed by atoms with Gasteiger partial charge in [-0.25, -0.2) is 14.8 Å². The van der Waals surface area contributed by atoms with Gasteiger partial charge in [-0.1, -0.05) is 54.6 Å². The molecule has 1 heterocycles. The largest absolute Gasteiger partial charge is 0.456 e. The number of nitrogens with zero attached hydrogens (tertiary/aromatic N) is 2. The normalized spacial score (nSPS) is 10.9. The lowest BCUT2D eigenvalue weighted by Crippen LogP contribution is -2.11. The van der Waals surface area contributed by atoms with Crippen LogP contribution >= 0.6 is 0 Å². The van der Waals surface area contributed by atoms with Gasteiger partial charge in [-0.2, -0.15) is 0 Å². The topological polar surface area (TPSA) is 52.1 Å². The zero-order chi connectivity index (χ0) is 17.2. The molecule has 25 heavy (non-hydrogen) atoms. The Morgan fingerprint density at radius 1 is 0.880 bits per heavy atom. The number of aromatic nitrogens is 2. The minimum absolute atomic E-state index is 0.219. The van der Waals surface area contributed by atoms with Crippen molar-refractivity contribution < 1.29 is 9.53 Å². The summed E-state index contributed by atoms with van der Waals surface area (Å²) in [5, 5.41) is 2.17. The number of fused-ring (bicyclic) bond motifs is 2. The summed E-state index contributed by atoms with van der Waals surface area (Å²) in [6.07, 6.45) is 0. The summed E-state index contributed by atoms with van der Waals surface area (Å²) >= 11 is 0. The molecule has 3 aromatic carbocycles. The molecule has 0 spiro atoms. The number of carbonyl (C=O) groups is 1. The molecule has 0 N–H and O–H groups in total. The predicted molar refractivity (Wildman–Crippen MR) is 97.3 cm³/mol. The molecule has 4 nitrogen and oxygen atoms in total. The maximum Gasteiger partial charge on any atom is 0.359 e. The van der Waals surface area contributed by atoms with Crippen LogP contribution in [0.4, 0.5) is 0 Å².